The molecule has 3 nitrogen and oxygen atoms in total. The van der Waals surface area contributed by atoms with Crippen LogP contribution in [0.15, 0.2) is 12.1 Å². The minimum absolute atomic E-state index is 0.711. The van der Waals surface area contributed by atoms with Crippen molar-refractivity contribution in [2.75, 3.05) is 21.3 Å². The second-order valence-electron chi connectivity index (χ2n) is 2.32. The Bertz CT molecular complexity index is 299. The molecule has 1 rings (SSSR count). The van der Waals surface area contributed by atoms with Gasteiger partial charge in [-0.15, -0.1) is 0 Å². The van der Waals surface area contributed by atoms with Gasteiger partial charge in [-0.2, -0.15) is 0 Å². The lowest BCUT2D eigenvalue weighted by molar-refractivity contribution is 0.345. The van der Waals surface area contributed by atoms with Crippen LogP contribution in [-0.4, -0.2) is 21.3 Å². The predicted octanol–water partition coefficient (Wildman–Crippen LogP) is 2.32. The molecule has 0 saturated carbocycles. The Balaban J connectivity index is 3.23. The number of methoxy groups -OCH3 is 3. The molecule has 0 aromatic heterocycles. The molecule has 0 spiro atoms. The van der Waals surface area contributed by atoms with Crippen molar-refractivity contribution < 1.29 is 14.2 Å². The fourth-order valence-corrected chi connectivity index (χ4v) is 1.91. The lowest BCUT2D eigenvalue weighted by atomic mass is 10.3. The van der Waals surface area contributed by atoms with E-state index in [2.05, 4.69) is 22.6 Å². The number of rotatable bonds is 3. The van der Waals surface area contributed by atoms with E-state index in [1.165, 1.54) is 0 Å². The molecule has 1 aromatic carbocycles. The maximum absolute atomic E-state index is 5.20. The van der Waals surface area contributed by atoms with Gasteiger partial charge in [0, 0.05) is 0 Å². The van der Waals surface area contributed by atoms with Crippen LogP contribution in [0.4, 0.5) is 0 Å². The van der Waals surface area contributed by atoms with E-state index < -0.39 is 0 Å². The Hall–Kier alpha value is -0.650. The monoisotopic (exact) mass is 294 g/mol. The number of ether oxygens (including phenoxy) is 3. The van der Waals surface area contributed by atoms with Crippen molar-refractivity contribution in [1.29, 1.82) is 0 Å². The molecule has 0 aliphatic carbocycles. The van der Waals surface area contributed by atoms with Gasteiger partial charge in [-0.25, -0.2) is 0 Å². The van der Waals surface area contributed by atoms with Crippen molar-refractivity contribution in [2.45, 2.75) is 0 Å². The summed E-state index contributed by atoms with van der Waals surface area (Å²) < 4.78 is 16.4. The van der Waals surface area contributed by atoms with Crippen LogP contribution in [0.25, 0.3) is 0 Å². The molecule has 0 aliphatic rings. The zero-order valence-corrected chi connectivity index (χ0v) is 9.91. The first-order valence-electron chi connectivity index (χ1n) is 3.69. The normalized spacial score (nSPS) is 9.54. The van der Waals surface area contributed by atoms with Gasteiger partial charge in [-0.1, -0.05) is 0 Å². The van der Waals surface area contributed by atoms with Crippen molar-refractivity contribution in [3.63, 3.8) is 0 Å². The van der Waals surface area contributed by atoms with Crippen LogP contribution in [-0.2, 0) is 0 Å². The van der Waals surface area contributed by atoms with Crippen LogP contribution in [0, 0.1) is 3.57 Å². The minimum Gasteiger partial charge on any atom is -0.496 e. The Kier molecular flexibility index (Phi) is 3.65. The van der Waals surface area contributed by atoms with Gasteiger partial charge in [0.25, 0.3) is 0 Å². The van der Waals surface area contributed by atoms with Gasteiger partial charge >= 0.3 is 0 Å². The highest BCUT2D eigenvalue weighted by Crippen LogP contribution is 2.37. The third-order valence-electron chi connectivity index (χ3n) is 1.67. The maximum Gasteiger partial charge on any atom is 0.177 e. The quantitative estimate of drug-likeness (QED) is 0.801. The summed E-state index contributed by atoms with van der Waals surface area (Å²) in [5, 5.41) is 0. The average molecular weight is 294 g/mol. The second-order valence-corrected chi connectivity index (χ2v) is 3.40. The summed E-state index contributed by atoms with van der Waals surface area (Å²) in [5.74, 6) is 2.22. The molecule has 0 N–H and O–H groups in total. The van der Waals surface area contributed by atoms with Crippen molar-refractivity contribution in [2.24, 2.45) is 0 Å². The molecule has 0 amide bonds. The molecule has 0 saturated heterocycles. The Morgan fingerprint density at radius 1 is 0.923 bits per heavy atom. The van der Waals surface area contributed by atoms with Crippen LogP contribution < -0.4 is 14.2 Å². The van der Waals surface area contributed by atoms with Crippen LogP contribution in [0.1, 0.15) is 0 Å². The lowest BCUT2D eigenvalue weighted by Gasteiger charge is -2.11. The summed E-state index contributed by atoms with van der Waals surface area (Å²) in [6.07, 6.45) is 0. The molecule has 4 heteroatoms. The fourth-order valence-electron chi connectivity index (χ4n) is 1.03. The third kappa shape index (κ3) is 1.99. The molecule has 13 heavy (non-hydrogen) atoms. The molecular weight excluding hydrogens is 283 g/mol. The topological polar surface area (TPSA) is 27.7 Å². The highest BCUT2D eigenvalue weighted by Gasteiger charge is 2.12. The fraction of sp³-hybridized carbons (Fsp3) is 0.333. The van der Waals surface area contributed by atoms with E-state index in [4.69, 9.17) is 14.2 Å². The number of benzene rings is 1. The first-order chi connectivity index (χ1) is 6.24. The highest BCUT2D eigenvalue weighted by atomic mass is 127. The van der Waals surface area contributed by atoms with E-state index in [1.807, 2.05) is 12.1 Å². The van der Waals surface area contributed by atoms with E-state index in [9.17, 15) is 0 Å². The molecule has 0 radical (unpaired) electrons. The third-order valence-corrected chi connectivity index (χ3v) is 2.69. The van der Waals surface area contributed by atoms with Gasteiger partial charge in [0.05, 0.1) is 21.3 Å². The van der Waals surface area contributed by atoms with E-state index in [1.54, 1.807) is 21.3 Å². The smallest absolute Gasteiger partial charge is 0.177 e. The maximum atomic E-state index is 5.20. The van der Waals surface area contributed by atoms with Crippen molar-refractivity contribution in [3.8, 4) is 17.2 Å². The molecule has 0 atom stereocenters. The molecule has 0 unspecified atom stereocenters. The molecular formula is C9H11IO3. The number of hydrogen-bond acceptors (Lipinski definition) is 3. The largest absolute Gasteiger partial charge is 0.496 e. The predicted molar refractivity (Wildman–Crippen MR) is 58.8 cm³/mol. The summed E-state index contributed by atoms with van der Waals surface area (Å²) in [7, 11) is 4.85. The summed E-state index contributed by atoms with van der Waals surface area (Å²) >= 11 is 2.16. The van der Waals surface area contributed by atoms with Crippen LogP contribution >= 0.6 is 22.6 Å². The molecule has 0 heterocycles. The summed E-state index contributed by atoms with van der Waals surface area (Å²) in [6.45, 7) is 0. The molecule has 0 fully saturated rings. The van der Waals surface area contributed by atoms with Gasteiger partial charge in [-0.3, -0.25) is 0 Å². The number of hydrogen-bond donors (Lipinski definition) is 0. The minimum atomic E-state index is 0.711. The van der Waals surface area contributed by atoms with Crippen LogP contribution in [0.3, 0.4) is 0 Å². The summed E-state index contributed by atoms with van der Waals surface area (Å²) in [4.78, 5) is 0. The zero-order chi connectivity index (χ0) is 9.84. The molecule has 1 aromatic rings. The Morgan fingerprint density at radius 3 is 1.92 bits per heavy atom. The first-order valence-corrected chi connectivity index (χ1v) is 4.77. The van der Waals surface area contributed by atoms with E-state index in [0.29, 0.717) is 11.5 Å². The highest BCUT2D eigenvalue weighted by molar-refractivity contribution is 14.1. The SMILES string of the molecule is COc1ccc(OC)c(OC)c1I. The standard InChI is InChI=1S/C9H11IO3/c1-11-6-4-5-7(12-2)9(13-3)8(6)10/h4-5H,1-3H3. The first kappa shape index (κ1) is 10.4. The van der Waals surface area contributed by atoms with Gasteiger partial charge in [0.15, 0.2) is 11.5 Å². The van der Waals surface area contributed by atoms with E-state index in [-0.39, 0.29) is 0 Å². The van der Waals surface area contributed by atoms with E-state index >= 15 is 0 Å². The second kappa shape index (κ2) is 4.55. The van der Waals surface area contributed by atoms with Gasteiger partial charge in [-0.05, 0) is 34.7 Å². The van der Waals surface area contributed by atoms with Crippen LogP contribution in [0.2, 0.25) is 0 Å². The van der Waals surface area contributed by atoms with Crippen molar-refractivity contribution in [3.05, 3.63) is 15.7 Å². The molecule has 72 valence electrons. The van der Waals surface area contributed by atoms with Gasteiger partial charge < -0.3 is 14.2 Å². The lowest BCUT2D eigenvalue weighted by Crippen LogP contribution is -1.95. The molecule has 0 bridgehead atoms. The van der Waals surface area contributed by atoms with E-state index in [0.717, 1.165) is 9.32 Å². The summed E-state index contributed by atoms with van der Waals surface area (Å²) in [5.41, 5.74) is 0. The average Bonchev–Trinajstić information content (AvgIpc) is 2.17. The van der Waals surface area contributed by atoms with Gasteiger partial charge in [0.1, 0.15) is 9.32 Å². The molecule has 0 aliphatic heterocycles. The number of halogens is 1. The Morgan fingerprint density at radius 2 is 1.46 bits per heavy atom. The summed E-state index contributed by atoms with van der Waals surface area (Å²) in [6, 6.07) is 3.67. The van der Waals surface area contributed by atoms with Crippen molar-refractivity contribution in [1.82, 2.24) is 0 Å². The van der Waals surface area contributed by atoms with Crippen molar-refractivity contribution >= 4 is 22.6 Å². The Labute approximate surface area is 91.1 Å². The zero-order valence-electron chi connectivity index (χ0n) is 7.76. The van der Waals surface area contributed by atoms with Crippen LogP contribution in [0.5, 0.6) is 17.2 Å². The van der Waals surface area contributed by atoms with Gasteiger partial charge in [0.2, 0.25) is 0 Å².